The highest BCUT2D eigenvalue weighted by molar-refractivity contribution is 14.0. The Morgan fingerprint density at radius 1 is 1.19 bits per heavy atom. The van der Waals surface area contributed by atoms with Crippen molar-refractivity contribution in [1.82, 2.24) is 5.32 Å². The van der Waals surface area contributed by atoms with E-state index in [2.05, 4.69) is 72.4 Å². The molecule has 1 aliphatic heterocycles. The molecule has 2 rings (SSSR count). The maximum absolute atomic E-state index is 5.86. The van der Waals surface area contributed by atoms with Crippen LogP contribution in [0.25, 0.3) is 0 Å². The molecule has 0 aliphatic carbocycles. The van der Waals surface area contributed by atoms with Crippen LogP contribution >= 0.6 is 24.0 Å². The van der Waals surface area contributed by atoms with Crippen LogP contribution in [-0.4, -0.2) is 24.6 Å². The molecular formula is C16H25IN4. The van der Waals surface area contributed by atoms with Crippen LogP contribution in [0.15, 0.2) is 41.4 Å². The first-order valence-electron chi connectivity index (χ1n) is 7.01. The van der Waals surface area contributed by atoms with Gasteiger partial charge in [-0.15, -0.1) is 24.0 Å². The zero-order valence-electron chi connectivity index (χ0n) is 13.0. The summed E-state index contributed by atoms with van der Waals surface area (Å²) in [5.74, 6) is 0.491. The number of nitrogens with one attached hydrogen (secondary N) is 1. The summed E-state index contributed by atoms with van der Waals surface area (Å²) in [5.41, 5.74) is 8.22. The number of rotatable bonds is 3. The van der Waals surface area contributed by atoms with Crippen LogP contribution in [-0.2, 0) is 6.54 Å². The predicted octanol–water partition coefficient (Wildman–Crippen LogP) is 2.88. The minimum absolute atomic E-state index is 0. The van der Waals surface area contributed by atoms with Crippen molar-refractivity contribution in [2.24, 2.45) is 10.7 Å². The molecule has 5 heteroatoms. The van der Waals surface area contributed by atoms with Crippen molar-refractivity contribution >= 4 is 35.6 Å². The second-order valence-electron chi connectivity index (χ2n) is 6.12. The van der Waals surface area contributed by atoms with Gasteiger partial charge in [0, 0.05) is 24.3 Å². The molecule has 0 spiro atoms. The number of anilines is 1. The monoisotopic (exact) mass is 400 g/mol. The maximum Gasteiger partial charge on any atom is 0.189 e. The summed E-state index contributed by atoms with van der Waals surface area (Å²) < 4.78 is 0. The van der Waals surface area contributed by atoms with E-state index in [9.17, 15) is 0 Å². The van der Waals surface area contributed by atoms with Crippen LogP contribution in [0.5, 0.6) is 0 Å². The summed E-state index contributed by atoms with van der Waals surface area (Å²) in [6.45, 7) is 8.80. The number of nitrogens with two attached hydrogens (primary N) is 1. The van der Waals surface area contributed by atoms with Gasteiger partial charge in [0.1, 0.15) is 0 Å². The van der Waals surface area contributed by atoms with Gasteiger partial charge in [-0.05, 0) is 38.5 Å². The zero-order chi connectivity index (χ0) is 14.6. The summed E-state index contributed by atoms with van der Waals surface area (Å²) >= 11 is 0. The molecule has 116 valence electrons. The van der Waals surface area contributed by atoms with Gasteiger partial charge in [0.15, 0.2) is 5.96 Å². The molecule has 1 heterocycles. The molecule has 4 nitrogen and oxygen atoms in total. The summed E-state index contributed by atoms with van der Waals surface area (Å²) in [5, 5.41) is 3.16. The van der Waals surface area contributed by atoms with Gasteiger partial charge in [0.05, 0.1) is 6.54 Å². The Kier molecular flexibility index (Phi) is 6.51. The average Bonchev–Trinajstić information content (AvgIpc) is 2.89. The summed E-state index contributed by atoms with van der Waals surface area (Å²) in [6, 6.07) is 8.51. The van der Waals surface area contributed by atoms with E-state index in [1.54, 1.807) is 0 Å². The molecule has 0 radical (unpaired) electrons. The fourth-order valence-corrected chi connectivity index (χ4v) is 2.10. The van der Waals surface area contributed by atoms with E-state index in [1.165, 1.54) is 11.3 Å². The van der Waals surface area contributed by atoms with Gasteiger partial charge < -0.3 is 16.0 Å². The van der Waals surface area contributed by atoms with Gasteiger partial charge in [-0.2, -0.15) is 0 Å². The molecule has 3 N–H and O–H groups in total. The van der Waals surface area contributed by atoms with E-state index in [1.807, 2.05) is 0 Å². The second-order valence-corrected chi connectivity index (χ2v) is 6.12. The molecule has 1 aromatic carbocycles. The molecule has 1 aliphatic rings. The van der Waals surface area contributed by atoms with Crippen molar-refractivity contribution in [3.63, 3.8) is 0 Å². The standard InChI is InChI=1S/C16H24N4.HI/c1-16(2,3)19-15(17)18-12-13-6-8-14(9-7-13)20-10-4-5-11-20;/h4-9H,10-12H2,1-3H3,(H3,17,18,19);1H. The fraction of sp³-hybridized carbons (Fsp3) is 0.438. The number of guanidine groups is 1. The number of hydrogen-bond donors (Lipinski definition) is 2. The Hall–Kier alpha value is -1.24. The van der Waals surface area contributed by atoms with Crippen LogP contribution in [0.1, 0.15) is 26.3 Å². The summed E-state index contributed by atoms with van der Waals surface area (Å²) in [7, 11) is 0. The number of hydrogen-bond acceptors (Lipinski definition) is 2. The van der Waals surface area contributed by atoms with Gasteiger partial charge in [-0.1, -0.05) is 24.3 Å². The molecule has 0 amide bonds. The van der Waals surface area contributed by atoms with Crippen LogP contribution in [0, 0.1) is 0 Å². The molecule has 0 unspecified atom stereocenters. The summed E-state index contributed by atoms with van der Waals surface area (Å²) in [6.07, 6.45) is 4.38. The van der Waals surface area contributed by atoms with Gasteiger partial charge in [-0.3, -0.25) is 0 Å². The van der Waals surface area contributed by atoms with Crippen LogP contribution < -0.4 is 16.0 Å². The van der Waals surface area contributed by atoms with E-state index in [0.29, 0.717) is 12.5 Å². The Balaban J connectivity index is 0.00000220. The minimum Gasteiger partial charge on any atom is -0.370 e. The Bertz CT molecular complexity index is 492. The van der Waals surface area contributed by atoms with Gasteiger partial charge in [0.2, 0.25) is 0 Å². The molecule has 0 saturated heterocycles. The van der Waals surface area contributed by atoms with Crippen molar-refractivity contribution in [2.75, 3.05) is 18.0 Å². The highest BCUT2D eigenvalue weighted by atomic mass is 127. The van der Waals surface area contributed by atoms with Crippen LogP contribution in [0.2, 0.25) is 0 Å². The number of aliphatic imine (C=N–C) groups is 1. The number of nitrogens with zero attached hydrogens (tertiary/aromatic N) is 2. The van der Waals surface area contributed by atoms with Crippen molar-refractivity contribution in [2.45, 2.75) is 32.9 Å². The third-order valence-electron chi connectivity index (χ3n) is 3.05. The predicted molar refractivity (Wildman–Crippen MR) is 101 cm³/mol. The first-order valence-corrected chi connectivity index (χ1v) is 7.01. The molecule has 0 bridgehead atoms. The normalized spacial score (nSPS) is 15.0. The molecule has 0 fully saturated rings. The molecule has 0 saturated carbocycles. The number of benzene rings is 1. The lowest BCUT2D eigenvalue weighted by Gasteiger charge is -2.21. The van der Waals surface area contributed by atoms with E-state index in [0.717, 1.165) is 13.1 Å². The van der Waals surface area contributed by atoms with E-state index >= 15 is 0 Å². The zero-order valence-corrected chi connectivity index (χ0v) is 15.3. The average molecular weight is 400 g/mol. The van der Waals surface area contributed by atoms with Crippen LogP contribution in [0.4, 0.5) is 5.69 Å². The van der Waals surface area contributed by atoms with E-state index < -0.39 is 0 Å². The molecule has 0 atom stereocenters. The minimum atomic E-state index is -0.0554. The molecule has 21 heavy (non-hydrogen) atoms. The largest absolute Gasteiger partial charge is 0.370 e. The Morgan fingerprint density at radius 2 is 1.76 bits per heavy atom. The van der Waals surface area contributed by atoms with Crippen molar-refractivity contribution in [3.8, 4) is 0 Å². The third kappa shape index (κ3) is 5.95. The first kappa shape index (κ1) is 17.8. The highest BCUT2D eigenvalue weighted by Crippen LogP contribution is 2.17. The Labute approximate surface area is 144 Å². The molecule has 1 aromatic rings. The van der Waals surface area contributed by atoms with E-state index in [4.69, 9.17) is 5.73 Å². The molecule has 0 aromatic heterocycles. The fourth-order valence-electron chi connectivity index (χ4n) is 2.10. The topological polar surface area (TPSA) is 53.6 Å². The van der Waals surface area contributed by atoms with Crippen molar-refractivity contribution in [1.29, 1.82) is 0 Å². The highest BCUT2D eigenvalue weighted by Gasteiger charge is 2.10. The third-order valence-corrected chi connectivity index (χ3v) is 3.05. The quantitative estimate of drug-likeness (QED) is 0.355. The van der Waals surface area contributed by atoms with Crippen LogP contribution in [0.3, 0.4) is 0 Å². The van der Waals surface area contributed by atoms with Gasteiger partial charge in [0.25, 0.3) is 0 Å². The molecular weight excluding hydrogens is 375 g/mol. The second kappa shape index (κ2) is 7.68. The van der Waals surface area contributed by atoms with Gasteiger partial charge in [-0.25, -0.2) is 4.99 Å². The maximum atomic E-state index is 5.86. The lowest BCUT2D eigenvalue weighted by atomic mass is 10.1. The van der Waals surface area contributed by atoms with E-state index in [-0.39, 0.29) is 29.5 Å². The van der Waals surface area contributed by atoms with Crippen molar-refractivity contribution < 1.29 is 0 Å². The summed E-state index contributed by atoms with van der Waals surface area (Å²) in [4.78, 5) is 6.69. The van der Waals surface area contributed by atoms with Crippen molar-refractivity contribution in [3.05, 3.63) is 42.0 Å². The number of halogens is 1. The Morgan fingerprint density at radius 3 is 2.29 bits per heavy atom. The first-order chi connectivity index (χ1) is 9.44. The van der Waals surface area contributed by atoms with Gasteiger partial charge >= 0.3 is 0 Å². The SMILES string of the molecule is CC(C)(C)NC(N)=NCc1ccc(N2CC=CC2)cc1.I. The lowest BCUT2D eigenvalue weighted by molar-refractivity contribution is 0.508. The lowest BCUT2D eigenvalue weighted by Crippen LogP contribution is -2.44. The smallest absolute Gasteiger partial charge is 0.189 e.